The van der Waals surface area contributed by atoms with E-state index in [-0.39, 0.29) is 0 Å². The number of anilines is 1. The molecule has 0 bridgehead atoms. The normalized spacial score (nSPS) is 25.2. The molecule has 1 aromatic carbocycles. The lowest BCUT2D eigenvalue weighted by atomic mass is 9.96. The lowest BCUT2D eigenvalue weighted by Gasteiger charge is -2.41. The fraction of sp³-hybridized carbons (Fsp3) is 0.500. The summed E-state index contributed by atoms with van der Waals surface area (Å²) < 4.78 is 0. The summed E-state index contributed by atoms with van der Waals surface area (Å²) >= 11 is 0. The Hall–Kier alpha value is -1.49. The van der Waals surface area contributed by atoms with Gasteiger partial charge in [-0.25, -0.2) is 0 Å². The topological polar surface area (TPSA) is 27.0 Å². The largest absolute Gasteiger partial charge is 0.366 e. The highest BCUT2D eigenvalue weighted by Gasteiger charge is 2.24. The number of piperidine rings is 1. The van der Waals surface area contributed by atoms with Gasteiger partial charge in [0.2, 0.25) is 0 Å². The van der Waals surface area contributed by atoms with Gasteiger partial charge in [-0.15, -0.1) is 0 Å². The molecule has 1 heterocycles. The van der Waals surface area contributed by atoms with Crippen LogP contribution in [0.5, 0.6) is 0 Å². The van der Waals surface area contributed by atoms with Crippen LogP contribution in [0.2, 0.25) is 0 Å². The molecular weight excluding hydrogens is 196 g/mol. The molecule has 16 heavy (non-hydrogen) atoms. The van der Waals surface area contributed by atoms with Crippen molar-refractivity contribution >= 4 is 5.69 Å². The van der Waals surface area contributed by atoms with E-state index < -0.39 is 0 Å². The number of rotatable bonds is 1. The van der Waals surface area contributed by atoms with Gasteiger partial charge < -0.3 is 4.90 Å². The predicted octanol–water partition coefficient (Wildman–Crippen LogP) is 3.33. The van der Waals surface area contributed by atoms with Crippen LogP contribution in [0.15, 0.2) is 24.3 Å². The zero-order valence-electron chi connectivity index (χ0n) is 9.98. The molecule has 2 heteroatoms. The minimum Gasteiger partial charge on any atom is -0.366 e. The molecule has 0 spiro atoms. The summed E-state index contributed by atoms with van der Waals surface area (Å²) in [4.78, 5) is 2.48. The van der Waals surface area contributed by atoms with Crippen LogP contribution >= 0.6 is 0 Å². The van der Waals surface area contributed by atoms with Crippen LogP contribution in [0.25, 0.3) is 0 Å². The number of nitrogens with zero attached hydrogens (tertiary/aromatic N) is 2. The SMILES string of the molecule is CC1CCCC(C)N1c1ccc(C#N)cc1. The van der Waals surface area contributed by atoms with Crippen LogP contribution in [0, 0.1) is 11.3 Å². The maximum absolute atomic E-state index is 8.78. The van der Waals surface area contributed by atoms with Crippen LogP contribution in [-0.4, -0.2) is 12.1 Å². The first-order chi connectivity index (χ1) is 7.72. The highest BCUT2D eigenvalue weighted by atomic mass is 15.2. The molecule has 0 amide bonds. The highest BCUT2D eigenvalue weighted by Crippen LogP contribution is 2.28. The van der Waals surface area contributed by atoms with Gasteiger partial charge in [0.05, 0.1) is 11.6 Å². The highest BCUT2D eigenvalue weighted by molar-refractivity contribution is 5.51. The lowest BCUT2D eigenvalue weighted by molar-refractivity contribution is 0.414. The van der Waals surface area contributed by atoms with Crippen LogP contribution in [0.3, 0.4) is 0 Å². The Morgan fingerprint density at radius 1 is 1.12 bits per heavy atom. The average molecular weight is 214 g/mol. The molecule has 1 fully saturated rings. The number of hydrogen-bond donors (Lipinski definition) is 0. The molecule has 0 radical (unpaired) electrons. The number of hydrogen-bond acceptors (Lipinski definition) is 2. The van der Waals surface area contributed by atoms with Gasteiger partial charge in [-0.3, -0.25) is 0 Å². The second-order valence-corrected chi connectivity index (χ2v) is 4.69. The standard InChI is InChI=1S/C14H18N2/c1-11-4-3-5-12(2)16(11)14-8-6-13(10-15)7-9-14/h6-9,11-12H,3-5H2,1-2H3. The molecule has 0 aliphatic carbocycles. The van der Waals surface area contributed by atoms with Crippen molar-refractivity contribution in [3.05, 3.63) is 29.8 Å². The maximum atomic E-state index is 8.78. The summed E-state index contributed by atoms with van der Waals surface area (Å²) in [7, 11) is 0. The van der Waals surface area contributed by atoms with Crippen molar-refractivity contribution in [2.45, 2.75) is 45.2 Å². The fourth-order valence-electron chi connectivity index (χ4n) is 2.64. The van der Waals surface area contributed by atoms with Gasteiger partial charge in [-0.2, -0.15) is 5.26 Å². The third-order valence-corrected chi connectivity index (χ3v) is 3.49. The van der Waals surface area contributed by atoms with Gasteiger partial charge in [-0.1, -0.05) is 0 Å². The minimum atomic E-state index is 0.608. The van der Waals surface area contributed by atoms with Crippen molar-refractivity contribution in [3.63, 3.8) is 0 Å². The van der Waals surface area contributed by atoms with E-state index in [1.165, 1.54) is 24.9 Å². The molecule has 0 N–H and O–H groups in total. The molecule has 2 atom stereocenters. The zero-order chi connectivity index (χ0) is 11.5. The van der Waals surface area contributed by atoms with E-state index >= 15 is 0 Å². The maximum Gasteiger partial charge on any atom is 0.0991 e. The minimum absolute atomic E-state index is 0.608. The molecule has 2 rings (SSSR count). The molecule has 1 saturated heterocycles. The van der Waals surface area contributed by atoms with E-state index in [1.807, 2.05) is 12.1 Å². The molecule has 1 aliphatic rings. The lowest BCUT2D eigenvalue weighted by Crippen LogP contribution is -2.43. The van der Waals surface area contributed by atoms with Gasteiger partial charge in [0.15, 0.2) is 0 Å². The van der Waals surface area contributed by atoms with Crippen LogP contribution in [-0.2, 0) is 0 Å². The Morgan fingerprint density at radius 2 is 1.69 bits per heavy atom. The van der Waals surface area contributed by atoms with E-state index in [2.05, 4.69) is 36.9 Å². The molecule has 1 aromatic rings. The molecule has 0 aromatic heterocycles. The third-order valence-electron chi connectivity index (χ3n) is 3.49. The molecular formula is C14H18N2. The first-order valence-corrected chi connectivity index (χ1v) is 6.01. The van der Waals surface area contributed by atoms with Gasteiger partial charge >= 0.3 is 0 Å². The van der Waals surface area contributed by atoms with E-state index in [0.717, 1.165) is 5.56 Å². The second-order valence-electron chi connectivity index (χ2n) is 4.69. The van der Waals surface area contributed by atoms with E-state index in [0.29, 0.717) is 12.1 Å². The Bertz CT molecular complexity index is 378. The van der Waals surface area contributed by atoms with Crippen LogP contribution in [0.1, 0.15) is 38.7 Å². The Balaban J connectivity index is 2.24. The summed E-state index contributed by atoms with van der Waals surface area (Å²) in [6, 6.07) is 11.3. The van der Waals surface area contributed by atoms with Crippen molar-refractivity contribution < 1.29 is 0 Å². The van der Waals surface area contributed by atoms with E-state index in [1.54, 1.807) is 0 Å². The molecule has 2 nitrogen and oxygen atoms in total. The Kier molecular flexibility index (Phi) is 3.14. The first kappa shape index (κ1) is 11.0. The Labute approximate surface area is 97.5 Å². The summed E-state index contributed by atoms with van der Waals surface area (Å²) in [5, 5.41) is 8.78. The summed E-state index contributed by atoms with van der Waals surface area (Å²) in [5.41, 5.74) is 1.99. The van der Waals surface area contributed by atoms with Crippen molar-refractivity contribution in [1.82, 2.24) is 0 Å². The van der Waals surface area contributed by atoms with Crippen LogP contribution in [0.4, 0.5) is 5.69 Å². The van der Waals surface area contributed by atoms with Crippen molar-refractivity contribution in [2.75, 3.05) is 4.90 Å². The fourth-order valence-corrected chi connectivity index (χ4v) is 2.64. The third kappa shape index (κ3) is 2.04. The predicted molar refractivity (Wildman–Crippen MR) is 66.4 cm³/mol. The van der Waals surface area contributed by atoms with Gasteiger partial charge in [0, 0.05) is 17.8 Å². The molecule has 2 unspecified atom stereocenters. The smallest absolute Gasteiger partial charge is 0.0991 e. The van der Waals surface area contributed by atoms with Crippen molar-refractivity contribution in [1.29, 1.82) is 5.26 Å². The summed E-state index contributed by atoms with van der Waals surface area (Å²) in [6.07, 6.45) is 3.86. The molecule has 0 saturated carbocycles. The zero-order valence-corrected chi connectivity index (χ0v) is 9.98. The Morgan fingerprint density at radius 3 is 2.19 bits per heavy atom. The second kappa shape index (κ2) is 4.57. The summed E-state index contributed by atoms with van der Waals surface area (Å²) in [6.45, 7) is 4.57. The van der Waals surface area contributed by atoms with E-state index in [4.69, 9.17) is 5.26 Å². The summed E-state index contributed by atoms with van der Waals surface area (Å²) in [5.74, 6) is 0. The monoisotopic (exact) mass is 214 g/mol. The van der Waals surface area contributed by atoms with Crippen molar-refractivity contribution in [2.24, 2.45) is 0 Å². The van der Waals surface area contributed by atoms with Gasteiger partial charge in [0.1, 0.15) is 0 Å². The number of nitriles is 1. The van der Waals surface area contributed by atoms with Crippen molar-refractivity contribution in [3.8, 4) is 6.07 Å². The molecule has 84 valence electrons. The van der Waals surface area contributed by atoms with Gasteiger partial charge in [0.25, 0.3) is 0 Å². The molecule has 1 aliphatic heterocycles. The van der Waals surface area contributed by atoms with Crippen LogP contribution < -0.4 is 4.90 Å². The van der Waals surface area contributed by atoms with E-state index in [9.17, 15) is 0 Å². The number of benzene rings is 1. The van der Waals surface area contributed by atoms with Gasteiger partial charge in [-0.05, 0) is 57.4 Å². The quantitative estimate of drug-likeness (QED) is 0.717. The average Bonchev–Trinajstić information content (AvgIpc) is 2.30. The first-order valence-electron chi connectivity index (χ1n) is 6.01.